The molecule has 1 aliphatic carbocycles. The summed E-state index contributed by atoms with van der Waals surface area (Å²) in [7, 11) is 1.54. The van der Waals surface area contributed by atoms with Gasteiger partial charge in [0.2, 0.25) is 0 Å². The van der Waals surface area contributed by atoms with Crippen LogP contribution in [0.2, 0.25) is 0 Å². The Bertz CT molecular complexity index is 473. The molecule has 8 heteroatoms. The zero-order chi connectivity index (χ0) is 14.8. The van der Waals surface area contributed by atoms with E-state index >= 15 is 0 Å². The van der Waals surface area contributed by atoms with Gasteiger partial charge in [0, 0.05) is 13.3 Å². The lowest BCUT2D eigenvalue weighted by Crippen LogP contribution is -2.29. The quantitative estimate of drug-likeness (QED) is 0.797. The van der Waals surface area contributed by atoms with Crippen LogP contribution < -0.4 is 0 Å². The van der Waals surface area contributed by atoms with Gasteiger partial charge in [-0.1, -0.05) is 0 Å². The second kappa shape index (κ2) is 5.82. The summed E-state index contributed by atoms with van der Waals surface area (Å²) in [6, 6.07) is 0.820. The van der Waals surface area contributed by atoms with E-state index in [0.29, 0.717) is 6.42 Å². The summed E-state index contributed by atoms with van der Waals surface area (Å²) in [6.07, 6.45) is -1.46. The molecule has 2 rings (SSSR count). The third kappa shape index (κ3) is 3.50. The lowest BCUT2D eigenvalue weighted by atomic mass is 10.2. The molecule has 0 saturated heterocycles. The van der Waals surface area contributed by atoms with E-state index < -0.39 is 17.8 Å². The number of carbonyl (C=O) groups is 1. The van der Waals surface area contributed by atoms with Crippen LogP contribution in [0, 0.1) is 0 Å². The van der Waals surface area contributed by atoms with E-state index in [0.717, 1.165) is 29.8 Å². The Balaban J connectivity index is 1.90. The molecule has 1 fully saturated rings. The zero-order valence-electron chi connectivity index (χ0n) is 10.9. The van der Waals surface area contributed by atoms with Crippen LogP contribution >= 0.6 is 0 Å². The zero-order valence-corrected chi connectivity index (χ0v) is 10.9. The Labute approximate surface area is 113 Å². The number of methoxy groups -OCH3 is 1. The lowest BCUT2D eigenvalue weighted by Gasteiger charge is -2.18. The maximum absolute atomic E-state index is 12.4. The van der Waals surface area contributed by atoms with E-state index in [2.05, 4.69) is 5.10 Å². The number of hydrogen-bond donors (Lipinski definition) is 0. The van der Waals surface area contributed by atoms with Gasteiger partial charge in [-0.05, 0) is 25.3 Å². The van der Waals surface area contributed by atoms with Gasteiger partial charge in [-0.3, -0.25) is 9.48 Å². The van der Waals surface area contributed by atoms with Gasteiger partial charge in [-0.25, -0.2) is 0 Å². The minimum absolute atomic E-state index is 0.137. The van der Waals surface area contributed by atoms with Gasteiger partial charge in [0.1, 0.15) is 12.6 Å². The highest BCUT2D eigenvalue weighted by molar-refractivity contribution is 5.69. The summed E-state index contributed by atoms with van der Waals surface area (Å²) in [5, 5.41) is 3.29. The maximum Gasteiger partial charge on any atom is 0.435 e. The highest BCUT2D eigenvalue weighted by Gasteiger charge is 2.34. The summed E-state index contributed by atoms with van der Waals surface area (Å²) >= 11 is 0. The molecule has 1 saturated carbocycles. The molecule has 0 aromatic carbocycles. The summed E-state index contributed by atoms with van der Waals surface area (Å²) in [6.45, 7) is -0.344. The van der Waals surface area contributed by atoms with Crippen molar-refractivity contribution >= 4 is 5.97 Å². The molecule has 1 aromatic heterocycles. The average Bonchev–Trinajstić information content (AvgIpc) is 2.97. The molecule has 1 aromatic rings. The van der Waals surface area contributed by atoms with Crippen molar-refractivity contribution in [1.82, 2.24) is 9.78 Å². The van der Waals surface area contributed by atoms with Gasteiger partial charge < -0.3 is 9.47 Å². The second-order valence-electron chi connectivity index (χ2n) is 4.63. The van der Waals surface area contributed by atoms with E-state index in [-0.39, 0.29) is 18.8 Å². The van der Waals surface area contributed by atoms with Crippen LogP contribution in [-0.2, 0) is 27.0 Å². The number of aromatic nitrogens is 2. The summed E-state index contributed by atoms with van der Waals surface area (Å²) in [5.74, 6) is -0.615. The molecular weight excluding hydrogens is 277 g/mol. The number of esters is 1. The van der Waals surface area contributed by atoms with Crippen LogP contribution in [0.1, 0.15) is 25.0 Å². The molecule has 0 spiro atoms. The van der Waals surface area contributed by atoms with Crippen molar-refractivity contribution in [3.63, 3.8) is 0 Å². The molecule has 0 N–H and O–H groups in total. The summed E-state index contributed by atoms with van der Waals surface area (Å²) in [4.78, 5) is 11.7. The van der Waals surface area contributed by atoms with Crippen molar-refractivity contribution in [2.24, 2.45) is 0 Å². The monoisotopic (exact) mass is 292 g/mol. The third-order valence-electron chi connectivity index (χ3n) is 3.20. The molecule has 0 aliphatic heterocycles. The van der Waals surface area contributed by atoms with Gasteiger partial charge in [0.15, 0.2) is 5.69 Å². The number of ether oxygens (including phenoxy) is 2. The highest BCUT2D eigenvalue weighted by atomic mass is 19.4. The van der Waals surface area contributed by atoms with Crippen molar-refractivity contribution in [2.75, 3.05) is 7.11 Å². The van der Waals surface area contributed by atoms with Crippen LogP contribution in [0.3, 0.4) is 0 Å². The van der Waals surface area contributed by atoms with E-state index in [4.69, 9.17) is 9.47 Å². The number of carbonyl (C=O) groups excluding carboxylic acids is 1. The molecule has 112 valence electrons. The fraction of sp³-hybridized carbons (Fsp3) is 0.667. The number of nitrogens with zero attached hydrogens (tertiary/aromatic N) is 2. The van der Waals surface area contributed by atoms with Crippen LogP contribution in [0.5, 0.6) is 0 Å². The number of rotatable bonds is 4. The Morgan fingerprint density at radius 2 is 2.15 bits per heavy atom. The van der Waals surface area contributed by atoms with E-state index in [9.17, 15) is 18.0 Å². The normalized spacial score (nSPS) is 23.0. The molecule has 1 aliphatic rings. The Morgan fingerprint density at radius 1 is 1.45 bits per heavy atom. The molecule has 0 unspecified atom stereocenters. The van der Waals surface area contributed by atoms with Crippen LogP contribution in [-0.4, -0.2) is 35.1 Å². The Hall–Kier alpha value is -1.57. The van der Waals surface area contributed by atoms with Gasteiger partial charge in [-0.15, -0.1) is 0 Å². The predicted octanol–water partition coefficient (Wildman–Crippen LogP) is 2.01. The molecule has 1 heterocycles. The fourth-order valence-electron chi connectivity index (χ4n) is 2.24. The van der Waals surface area contributed by atoms with Crippen molar-refractivity contribution in [1.29, 1.82) is 0 Å². The minimum atomic E-state index is -4.51. The van der Waals surface area contributed by atoms with Crippen molar-refractivity contribution < 1.29 is 27.4 Å². The first-order valence-corrected chi connectivity index (χ1v) is 6.23. The Morgan fingerprint density at radius 3 is 2.75 bits per heavy atom. The molecule has 20 heavy (non-hydrogen) atoms. The number of alkyl halides is 3. The van der Waals surface area contributed by atoms with Gasteiger partial charge in [-0.2, -0.15) is 18.3 Å². The van der Waals surface area contributed by atoms with Gasteiger partial charge in [0.25, 0.3) is 0 Å². The second-order valence-corrected chi connectivity index (χ2v) is 4.63. The molecule has 0 amide bonds. The van der Waals surface area contributed by atoms with Crippen molar-refractivity contribution in [2.45, 2.75) is 44.2 Å². The Kier molecular flexibility index (Phi) is 4.32. The molecule has 5 nitrogen and oxygen atoms in total. The molecule has 0 bridgehead atoms. The third-order valence-corrected chi connectivity index (χ3v) is 3.20. The topological polar surface area (TPSA) is 53.4 Å². The molecular formula is C12H15F3N2O3. The standard InChI is InChI=1S/C12H15F3N2O3/c1-19-8-3-2-4-9(8)20-11(18)7-17-6-5-10(16-17)12(13,14)15/h5-6,8-9H,2-4,7H2,1H3/t8-,9+/m0/s1. The molecule has 2 atom stereocenters. The number of halogens is 3. The van der Waals surface area contributed by atoms with Gasteiger partial charge >= 0.3 is 12.1 Å². The van der Waals surface area contributed by atoms with E-state index in [1.165, 1.54) is 0 Å². The highest BCUT2D eigenvalue weighted by Crippen LogP contribution is 2.27. The maximum atomic E-state index is 12.4. The fourth-order valence-corrected chi connectivity index (χ4v) is 2.24. The van der Waals surface area contributed by atoms with E-state index in [1.807, 2.05) is 0 Å². The first kappa shape index (κ1) is 14.8. The first-order valence-electron chi connectivity index (χ1n) is 6.23. The van der Waals surface area contributed by atoms with Crippen LogP contribution in [0.25, 0.3) is 0 Å². The van der Waals surface area contributed by atoms with E-state index in [1.54, 1.807) is 7.11 Å². The van der Waals surface area contributed by atoms with Crippen LogP contribution in [0.4, 0.5) is 13.2 Å². The summed E-state index contributed by atoms with van der Waals surface area (Å²) < 4.78 is 48.4. The first-order chi connectivity index (χ1) is 9.40. The lowest BCUT2D eigenvalue weighted by molar-refractivity contribution is -0.155. The van der Waals surface area contributed by atoms with Crippen molar-refractivity contribution in [3.05, 3.63) is 18.0 Å². The number of hydrogen-bond acceptors (Lipinski definition) is 4. The van der Waals surface area contributed by atoms with Crippen LogP contribution in [0.15, 0.2) is 12.3 Å². The minimum Gasteiger partial charge on any atom is -0.458 e. The van der Waals surface area contributed by atoms with Crippen molar-refractivity contribution in [3.8, 4) is 0 Å². The smallest absolute Gasteiger partial charge is 0.435 e. The SMILES string of the molecule is CO[C@H]1CCC[C@H]1OC(=O)Cn1ccc(C(F)(F)F)n1. The largest absolute Gasteiger partial charge is 0.458 e. The van der Waals surface area contributed by atoms with Gasteiger partial charge in [0.05, 0.1) is 6.10 Å². The predicted molar refractivity (Wildman–Crippen MR) is 61.8 cm³/mol. The summed E-state index contributed by atoms with van der Waals surface area (Å²) in [5.41, 5.74) is -1.03. The molecule has 0 radical (unpaired) electrons. The average molecular weight is 292 g/mol.